The summed E-state index contributed by atoms with van der Waals surface area (Å²) in [6.45, 7) is 12.6. The summed E-state index contributed by atoms with van der Waals surface area (Å²) >= 11 is 0. The minimum atomic E-state index is -0.138. The summed E-state index contributed by atoms with van der Waals surface area (Å²) in [5.74, 6) is 0.528. The van der Waals surface area contributed by atoms with Crippen LogP contribution in [0.5, 0.6) is 5.75 Å². The topological polar surface area (TPSA) is 154 Å². The van der Waals surface area contributed by atoms with Crippen LogP contribution in [0.25, 0.3) is 0 Å². The van der Waals surface area contributed by atoms with Crippen molar-refractivity contribution in [2.45, 2.75) is 71.1 Å². The molecular weight excluding hydrogens is 702 g/mol. The second-order valence-corrected chi connectivity index (χ2v) is 12.3. The van der Waals surface area contributed by atoms with Crippen molar-refractivity contribution in [2.24, 2.45) is 0 Å². The smallest absolute Gasteiger partial charge is 0.305 e. The number of unbranched alkanes of at least 4 members (excludes halogenated alkanes) is 8. The van der Waals surface area contributed by atoms with Gasteiger partial charge in [0, 0.05) is 6.42 Å². The van der Waals surface area contributed by atoms with Crippen molar-refractivity contribution in [1.82, 2.24) is 0 Å². The van der Waals surface area contributed by atoms with E-state index in [9.17, 15) is 4.79 Å². The summed E-state index contributed by atoms with van der Waals surface area (Å²) in [5, 5.41) is 0. The first-order chi connectivity index (χ1) is 26.7. The molecule has 0 heterocycles. The third-order valence-electron chi connectivity index (χ3n) is 7.73. The van der Waals surface area contributed by atoms with Gasteiger partial charge in [0.1, 0.15) is 19.0 Å². The molecule has 0 aliphatic carbocycles. The largest absolute Gasteiger partial charge is 0.489 e. The summed E-state index contributed by atoms with van der Waals surface area (Å²) in [5.41, 5.74) is 6.44. The average Bonchev–Trinajstić information content (AvgIpc) is 3.18. The zero-order chi connectivity index (χ0) is 38.7. The molecule has 1 rings (SSSR count). The quantitative estimate of drug-likeness (QED) is 0.0520. The molecule has 0 fully saturated rings. The molecule has 0 amide bonds. The Morgan fingerprint density at radius 3 is 1.11 bits per heavy atom. The fraction of sp³-hybridized carbons (Fsp3) is 0.825. The molecule has 0 saturated heterocycles. The predicted molar refractivity (Wildman–Crippen MR) is 207 cm³/mol. The van der Waals surface area contributed by atoms with Gasteiger partial charge >= 0.3 is 5.97 Å². The Morgan fingerprint density at radius 1 is 0.426 bits per heavy atom. The molecule has 0 spiro atoms. The summed E-state index contributed by atoms with van der Waals surface area (Å²) in [6, 6.07) is 7.38. The van der Waals surface area contributed by atoms with Gasteiger partial charge in [-0.05, 0) is 18.6 Å². The number of hydrogen-bond acceptors (Lipinski definition) is 14. The average molecular weight is 776 g/mol. The first-order valence-corrected chi connectivity index (χ1v) is 20.1. The van der Waals surface area contributed by atoms with Crippen LogP contribution >= 0.6 is 0 Å². The van der Waals surface area contributed by atoms with E-state index in [0.29, 0.717) is 157 Å². The van der Waals surface area contributed by atoms with Gasteiger partial charge in [-0.25, -0.2) is 0 Å². The number of ether oxygens (including phenoxy) is 12. The maximum Gasteiger partial charge on any atom is 0.305 e. The minimum Gasteiger partial charge on any atom is -0.489 e. The molecule has 0 aliphatic rings. The Morgan fingerprint density at radius 2 is 0.741 bits per heavy atom. The Balaban J connectivity index is 1.64. The van der Waals surface area contributed by atoms with Gasteiger partial charge < -0.3 is 62.6 Å². The summed E-state index contributed by atoms with van der Waals surface area (Å²) < 4.78 is 65.6. The third kappa shape index (κ3) is 36.8. The number of carbonyl (C=O) groups excluding carboxylic acids is 1. The van der Waals surface area contributed by atoms with E-state index in [4.69, 9.17) is 62.6 Å². The van der Waals surface area contributed by atoms with Gasteiger partial charge in [0.2, 0.25) is 0 Å². The maximum atomic E-state index is 11.8. The fourth-order valence-electron chi connectivity index (χ4n) is 4.77. The standard InChI is InChI=1S/C40H73NO13/c1-2-3-4-5-6-7-8-9-10-15-40(42)54-37-35-52-33-31-50-29-27-48-25-23-46-21-19-44-17-16-43-18-20-45-22-24-47-26-28-49-30-32-51-34-36-53-39-14-12-11-13-38(39)41/h11-14H,2-10,15-37,41H2,1H3. The van der Waals surface area contributed by atoms with Gasteiger partial charge in [0.25, 0.3) is 0 Å². The molecule has 316 valence electrons. The first-order valence-electron chi connectivity index (χ1n) is 20.1. The monoisotopic (exact) mass is 776 g/mol. The number of carbonyl (C=O) groups is 1. The molecule has 14 heteroatoms. The Bertz CT molecular complexity index is 914. The van der Waals surface area contributed by atoms with Crippen molar-refractivity contribution >= 4 is 11.7 Å². The van der Waals surface area contributed by atoms with Crippen molar-refractivity contribution in [3.05, 3.63) is 24.3 Å². The van der Waals surface area contributed by atoms with Crippen molar-refractivity contribution in [2.75, 3.05) is 151 Å². The lowest BCUT2D eigenvalue weighted by Crippen LogP contribution is -2.15. The summed E-state index contributed by atoms with van der Waals surface area (Å²) in [4.78, 5) is 11.8. The van der Waals surface area contributed by atoms with E-state index in [1.165, 1.54) is 44.9 Å². The number of esters is 1. The second kappa shape index (κ2) is 42.0. The molecule has 14 nitrogen and oxygen atoms in total. The number of para-hydroxylation sites is 2. The molecule has 1 aromatic rings. The molecule has 0 aliphatic heterocycles. The van der Waals surface area contributed by atoms with Crippen LogP contribution in [0.4, 0.5) is 5.69 Å². The van der Waals surface area contributed by atoms with Crippen LogP contribution in [-0.4, -0.2) is 151 Å². The van der Waals surface area contributed by atoms with E-state index in [1.807, 2.05) is 18.2 Å². The van der Waals surface area contributed by atoms with E-state index < -0.39 is 0 Å². The maximum absolute atomic E-state index is 11.8. The Kier molecular flexibility index (Phi) is 38.9. The highest BCUT2D eigenvalue weighted by Gasteiger charge is 2.03. The highest BCUT2D eigenvalue weighted by molar-refractivity contribution is 5.69. The predicted octanol–water partition coefficient (Wildman–Crippen LogP) is 5.28. The highest BCUT2D eigenvalue weighted by atomic mass is 16.6. The van der Waals surface area contributed by atoms with Gasteiger partial charge in [-0.1, -0.05) is 70.4 Å². The number of hydrogen-bond donors (Lipinski definition) is 1. The van der Waals surface area contributed by atoms with Gasteiger partial charge in [-0.3, -0.25) is 4.79 Å². The molecule has 0 atom stereocenters. The van der Waals surface area contributed by atoms with Crippen molar-refractivity contribution < 1.29 is 61.6 Å². The van der Waals surface area contributed by atoms with E-state index in [0.717, 1.165) is 12.8 Å². The highest BCUT2D eigenvalue weighted by Crippen LogP contribution is 2.19. The summed E-state index contributed by atoms with van der Waals surface area (Å²) in [6.07, 6.45) is 11.6. The lowest BCUT2D eigenvalue weighted by Gasteiger charge is -2.10. The number of benzene rings is 1. The van der Waals surface area contributed by atoms with Crippen LogP contribution in [0.2, 0.25) is 0 Å². The lowest BCUT2D eigenvalue weighted by atomic mass is 10.1. The number of rotatable bonds is 44. The van der Waals surface area contributed by atoms with Crippen LogP contribution in [-0.2, 0) is 56.9 Å². The Hall–Kier alpha value is -2.11. The summed E-state index contributed by atoms with van der Waals surface area (Å²) in [7, 11) is 0. The van der Waals surface area contributed by atoms with Gasteiger partial charge in [-0.2, -0.15) is 0 Å². The number of anilines is 1. The van der Waals surface area contributed by atoms with Gasteiger partial charge in [0.05, 0.1) is 138 Å². The molecular formula is C40H73NO13. The molecule has 0 bridgehead atoms. The first kappa shape index (κ1) is 49.9. The molecule has 0 radical (unpaired) electrons. The number of nitrogen functional groups attached to an aromatic ring is 1. The Labute approximate surface area is 325 Å². The van der Waals surface area contributed by atoms with E-state index >= 15 is 0 Å². The van der Waals surface area contributed by atoms with Crippen LogP contribution in [0.3, 0.4) is 0 Å². The van der Waals surface area contributed by atoms with Gasteiger partial charge in [-0.15, -0.1) is 0 Å². The van der Waals surface area contributed by atoms with Crippen molar-refractivity contribution in [3.8, 4) is 5.75 Å². The SMILES string of the molecule is CCCCCCCCCCCC(=O)OCCOCCOCCOCCOCCOCCOCCOCCOCCOCCOCCOc1ccccc1N. The van der Waals surface area contributed by atoms with Crippen LogP contribution in [0, 0.1) is 0 Å². The molecule has 0 saturated carbocycles. The van der Waals surface area contributed by atoms with E-state index in [2.05, 4.69) is 6.92 Å². The third-order valence-corrected chi connectivity index (χ3v) is 7.73. The zero-order valence-corrected chi connectivity index (χ0v) is 33.3. The van der Waals surface area contributed by atoms with Gasteiger partial charge in [0.15, 0.2) is 0 Å². The fourth-order valence-corrected chi connectivity index (χ4v) is 4.77. The molecule has 2 N–H and O–H groups in total. The zero-order valence-electron chi connectivity index (χ0n) is 33.3. The second-order valence-electron chi connectivity index (χ2n) is 12.3. The minimum absolute atomic E-state index is 0.138. The molecule has 0 aromatic heterocycles. The van der Waals surface area contributed by atoms with Crippen LogP contribution in [0.15, 0.2) is 24.3 Å². The van der Waals surface area contributed by atoms with Crippen molar-refractivity contribution in [3.63, 3.8) is 0 Å². The van der Waals surface area contributed by atoms with Crippen molar-refractivity contribution in [1.29, 1.82) is 0 Å². The van der Waals surface area contributed by atoms with Crippen LogP contribution < -0.4 is 10.5 Å². The lowest BCUT2D eigenvalue weighted by molar-refractivity contribution is -0.145. The normalized spacial score (nSPS) is 11.4. The molecule has 0 unspecified atom stereocenters. The molecule has 1 aromatic carbocycles. The van der Waals surface area contributed by atoms with Crippen LogP contribution in [0.1, 0.15) is 71.1 Å². The van der Waals surface area contributed by atoms with E-state index in [1.54, 1.807) is 6.07 Å². The van der Waals surface area contributed by atoms with E-state index in [-0.39, 0.29) is 12.6 Å². The number of nitrogens with two attached hydrogens (primary N) is 1. The molecule has 54 heavy (non-hydrogen) atoms.